The van der Waals surface area contributed by atoms with Gasteiger partial charge in [0.1, 0.15) is 0 Å². The van der Waals surface area contributed by atoms with Gasteiger partial charge in [0, 0.05) is 46.1 Å². The van der Waals surface area contributed by atoms with Gasteiger partial charge >= 0.3 is 0 Å². The summed E-state index contributed by atoms with van der Waals surface area (Å²) < 4.78 is 5.25. The molecule has 1 saturated heterocycles. The van der Waals surface area contributed by atoms with Crippen LogP contribution in [0.5, 0.6) is 0 Å². The molecule has 2 N–H and O–H groups in total. The largest absolute Gasteiger partial charge is 0.391 e. The van der Waals surface area contributed by atoms with E-state index in [1.54, 1.807) is 14.2 Å². The first-order valence-corrected chi connectivity index (χ1v) is 8.38. The van der Waals surface area contributed by atoms with Gasteiger partial charge in [-0.2, -0.15) is 0 Å². The molecule has 1 heterocycles. The molecule has 1 aliphatic rings. The van der Waals surface area contributed by atoms with E-state index in [0.717, 1.165) is 13.1 Å². The van der Waals surface area contributed by atoms with Gasteiger partial charge in [-0.1, -0.05) is 35.9 Å². The number of carbonyl (C=O) groups is 1. The molecule has 1 aromatic carbocycles. The lowest BCUT2D eigenvalue weighted by Crippen LogP contribution is -2.27. The van der Waals surface area contributed by atoms with E-state index in [1.807, 2.05) is 12.1 Å². The molecule has 2 atom stereocenters. The monoisotopic (exact) mass is 332 g/mol. The summed E-state index contributed by atoms with van der Waals surface area (Å²) in [5.41, 5.74) is 3.56. The first-order chi connectivity index (χ1) is 11.5. The Hall–Kier alpha value is -1.69. The summed E-state index contributed by atoms with van der Waals surface area (Å²) in [5.74, 6) is 0.000171. The number of hydrogen-bond acceptors (Lipinski definition) is 4. The van der Waals surface area contributed by atoms with Crippen LogP contribution in [0.2, 0.25) is 0 Å². The summed E-state index contributed by atoms with van der Waals surface area (Å²) in [6.07, 6.45) is 2.12. The molecule has 1 aliphatic heterocycles. The van der Waals surface area contributed by atoms with Crippen LogP contribution < -0.4 is 5.32 Å². The van der Waals surface area contributed by atoms with Gasteiger partial charge in [-0.05, 0) is 18.1 Å². The highest BCUT2D eigenvalue weighted by molar-refractivity contribution is 5.75. The second-order valence-corrected chi connectivity index (χ2v) is 6.52. The Morgan fingerprint density at radius 2 is 2.17 bits per heavy atom. The summed E-state index contributed by atoms with van der Waals surface area (Å²) in [7, 11) is 3.33. The average molecular weight is 332 g/mol. The first kappa shape index (κ1) is 18.6. The second-order valence-electron chi connectivity index (χ2n) is 6.52. The van der Waals surface area contributed by atoms with Crippen LogP contribution in [0.25, 0.3) is 6.08 Å². The van der Waals surface area contributed by atoms with Gasteiger partial charge in [0.25, 0.3) is 0 Å². The molecule has 0 spiro atoms. The van der Waals surface area contributed by atoms with Gasteiger partial charge in [-0.15, -0.1) is 0 Å². The number of aliphatic hydroxyl groups excluding tert-OH is 1. The van der Waals surface area contributed by atoms with Gasteiger partial charge in [0.05, 0.1) is 12.7 Å². The van der Waals surface area contributed by atoms with E-state index >= 15 is 0 Å². The van der Waals surface area contributed by atoms with Gasteiger partial charge in [0.2, 0.25) is 5.91 Å². The lowest BCUT2D eigenvalue weighted by Gasteiger charge is -2.16. The zero-order chi connectivity index (χ0) is 17.5. The maximum Gasteiger partial charge on any atom is 0.220 e. The van der Waals surface area contributed by atoms with Crippen molar-refractivity contribution in [3.05, 3.63) is 41.0 Å². The first-order valence-electron chi connectivity index (χ1n) is 8.38. The molecule has 5 nitrogen and oxygen atoms in total. The highest BCUT2D eigenvalue weighted by atomic mass is 16.5. The summed E-state index contributed by atoms with van der Waals surface area (Å²) in [6.45, 7) is 4.85. The number of nitrogens with zero attached hydrogens (tertiary/aromatic N) is 1. The molecule has 0 bridgehead atoms. The van der Waals surface area contributed by atoms with Gasteiger partial charge in [0.15, 0.2) is 0 Å². The number of ether oxygens (including phenoxy) is 1. The zero-order valence-corrected chi connectivity index (χ0v) is 14.8. The number of methoxy groups -OCH3 is 1. The van der Waals surface area contributed by atoms with Crippen molar-refractivity contribution in [1.29, 1.82) is 0 Å². The van der Waals surface area contributed by atoms with Crippen molar-refractivity contribution in [3.8, 4) is 0 Å². The highest BCUT2D eigenvalue weighted by Crippen LogP contribution is 2.22. The number of benzene rings is 1. The van der Waals surface area contributed by atoms with Gasteiger partial charge in [-0.25, -0.2) is 0 Å². The Labute approximate surface area is 144 Å². The third-order valence-corrected chi connectivity index (χ3v) is 4.44. The molecular formula is C19H28N2O3. The summed E-state index contributed by atoms with van der Waals surface area (Å²) in [6, 6.07) is 8.20. The van der Waals surface area contributed by atoms with Crippen molar-refractivity contribution in [2.24, 2.45) is 5.92 Å². The van der Waals surface area contributed by atoms with E-state index in [4.69, 9.17) is 4.74 Å². The molecule has 0 saturated carbocycles. The molecule has 0 radical (unpaired) electrons. The minimum absolute atomic E-state index is 0.0124. The number of amides is 1. The van der Waals surface area contributed by atoms with Crippen molar-refractivity contribution in [2.75, 3.05) is 33.8 Å². The van der Waals surface area contributed by atoms with Crippen LogP contribution in [0, 0.1) is 5.92 Å². The molecule has 1 fully saturated rings. The van der Waals surface area contributed by atoms with Crippen molar-refractivity contribution in [1.82, 2.24) is 10.2 Å². The van der Waals surface area contributed by atoms with Crippen molar-refractivity contribution < 1.29 is 14.6 Å². The number of nitrogens with one attached hydrogen (secondary N) is 1. The SMILES string of the molecule is CNC(=O)C[C@@H]1CN(C/C(C)=C/c2ccccc2COC)C[C@H]1O. The zero-order valence-electron chi connectivity index (χ0n) is 14.8. The van der Waals surface area contributed by atoms with Gasteiger partial charge in [-0.3, -0.25) is 9.69 Å². The minimum Gasteiger partial charge on any atom is -0.391 e. The van der Waals surface area contributed by atoms with Crippen LogP contribution in [0.15, 0.2) is 29.8 Å². The van der Waals surface area contributed by atoms with Crippen LogP contribution in [0.3, 0.4) is 0 Å². The van der Waals surface area contributed by atoms with Crippen LogP contribution in [0.4, 0.5) is 0 Å². The second kappa shape index (κ2) is 8.97. The van der Waals surface area contributed by atoms with E-state index in [-0.39, 0.29) is 11.8 Å². The molecule has 1 amide bonds. The Bertz CT molecular complexity index is 586. The predicted molar refractivity (Wildman–Crippen MR) is 95.4 cm³/mol. The van der Waals surface area contributed by atoms with Crippen molar-refractivity contribution in [3.63, 3.8) is 0 Å². The number of hydrogen-bond donors (Lipinski definition) is 2. The number of rotatable bonds is 7. The predicted octanol–water partition coefficient (Wildman–Crippen LogP) is 1.67. The van der Waals surface area contributed by atoms with E-state index < -0.39 is 6.10 Å². The van der Waals surface area contributed by atoms with Crippen molar-refractivity contribution in [2.45, 2.75) is 26.1 Å². The molecule has 24 heavy (non-hydrogen) atoms. The van der Waals surface area contributed by atoms with E-state index in [0.29, 0.717) is 19.6 Å². The highest BCUT2D eigenvalue weighted by Gasteiger charge is 2.32. The molecule has 1 aromatic rings. The molecule has 132 valence electrons. The topological polar surface area (TPSA) is 61.8 Å². The fourth-order valence-electron chi connectivity index (χ4n) is 3.24. The van der Waals surface area contributed by atoms with Crippen molar-refractivity contribution >= 4 is 12.0 Å². The molecule has 0 aliphatic carbocycles. The fourth-order valence-corrected chi connectivity index (χ4v) is 3.24. The van der Waals surface area contributed by atoms with E-state index in [9.17, 15) is 9.90 Å². The van der Waals surface area contributed by atoms with Crippen LogP contribution in [-0.4, -0.2) is 55.8 Å². The maximum atomic E-state index is 11.5. The Balaban J connectivity index is 1.97. The van der Waals surface area contributed by atoms with Gasteiger partial charge < -0.3 is 15.2 Å². The third-order valence-electron chi connectivity index (χ3n) is 4.44. The smallest absolute Gasteiger partial charge is 0.220 e. The number of β-amino-alcohol motifs (C(OH)–C–C–N with tert-alkyl or cyclic N) is 1. The molecule has 2 rings (SSSR count). The Kier molecular flexibility index (Phi) is 6.97. The lowest BCUT2D eigenvalue weighted by atomic mass is 10.0. The molecule has 0 aromatic heterocycles. The normalized spacial score (nSPS) is 21.9. The Morgan fingerprint density at radius 3 is 2.88 bits per heavy atom. The third kappa shape index (κ3) is 5.16. The number of likely N-dealkylation sites (tertiary alicyclic amines) is 1. The van der Waals surface area contributed by atoms with E-state index in [2.05, 4.69) is 35.3 Å². The number of aliphatic hydroxyl groups is 1. The standard InChI is InChI=1S/C19H28N2O3/c1-14(8-15-6-4-5-7-16(15)13-24-3)10-21-11-17(18(22)12-21)9-19(23)20-2/h4-8,17-18,22H,9-13H2,1-3H3,(H,20,23)/b14-8+/t17-,18-/m1/s1. The minimum atomic E-state index is -0.434. The molecular weight excluding hydrogens is 304 g/mol. The maximum absolute atomic E-state index is 11.5. The molecule has 0 unspecified atom stereocenters. The average Bonchev–Trinajstić information content (AvgIpc) is 2.88. The van der Waals surface area contributed by atoms with Crippen LogP contribution in [0.1, 0.15) is 24.5 Å². The molecule has 5 heteroatoms. The van der Waals surface area contributed by atoms with Crippen LogP contribution >= 0.6 is 0 Å². The number of carbonyl (C=O) groups excluding carboxylic acids is 1. The fraction of sp³-hybridized carbons (Fsp3) is 0.526. The Morgan fingerprint density at radius 1 is 1.42 bits per heavy atom. The van der Waals surface area contributed by atoms with Crippen LogP contribution in [-0.2, 0) is 16.1 Å². The lowest BCUT2D eigenvalue weighted by molar-refractivity contribution is -0.122. The quantitative estimate of drug-likeness (QED) is 0.797. The summed E-state index contributed by atoms with van der Waals surface area (Å²) in [5, 5.41) is 12.8. The van der Waals surface area contributed by atoms with E-state index in [1.165, 1.54) is 16.7 Å². The summed E-state index contributed by atoms with van der Waals surface area (Å²) >= 11 is 0. The summed E-state index contributed by atoms with van der Waals surface area (Å²) in [4.78, 5) is 13.7.